The molecule has 0 bridgehead atoms. The van der Waals surface area contributed by atoms with E-state index < -0.39 is 0 Å². The van der Waals surface area contributed by atoms with Crippen molar-refractivity contribution in [3.63, 3.8) is 0 Å². The third kappa shape index (κ3) is 2.98. The molecule has 15 heavy (non-hydrogen) atoms. The van der Waals surface area contributed by atoms with Crippen LogP contribution in [0.5, 0.6) is 5.75 Å². The maximum Gasteiger partial charge on any atom is 0.412 e. The standard InChI is InChI=1S/C12H15NO2/c14-12(13-10-6-4-5-7-10)15-11-8-2-1-3-9-11/h1-3,8-10H,4-7H2,(H,13,14). The zero-order valence-electron chi connectivity index (χ0n) is 8.61. The molecule has 0 radical (unpaired) electrons. The van der Waals surface area contributed by atoms with E-state index in [0.29, 0.717) is 11.8 Å². The van der Waals surface area contributed by atoms with Crippen molar-refractivity contribution in [1.82, 2.24) is 5.32 Å². The lowest BCUT2D eigenvalue weighted by molar-refractivity contribution is 0.196. The monoisotopic (exact) mass is 205 g/mol. The molecule has 1 aromatic carbocycles. The number of amides is 1. The second-order valence-electron chi connectivity index (χ2n) is 3.83. The van der Waals surface area contributed by atoms with Gasteiger partial charge < -0.3 is 10.1 Å². The summed E-state index contributed by atoms with van der Waals surface area (Å²) in [4.78, 5) is 11.4. The van der Waals surface area contributed by atoms with Crippen LogP contribution >= 0.6 is 0 Å². The molecule has 1 N–H and O–H groups in total. The molecule has 80 valence electrons. The highest BCUT2D eigenvalue weighted by Gasteiger charge is 2.17. The van der Waals surface area contributed by atoms with E-state index >= 15 is 0 Å². The van der Waals surface area contributed by atoms with Gasteiger partial charge in [-0.05, 0) is 25.0 Å². The Kier molecular flexibility index (Phi) is 3.22. The van der Waals surface area contributed by atoms with Crippen molar-refractivity contribution in [2.45, 2.75) is 31.7 Å². The molecule has 0 aromatic heterocycles. The van der Waals surface area contributed by atoms with Crippen LogP contribution in [0.1, 0.15) is 25.7 Å². The molecule has 1 aromatic rings. The van der Waals surface area contributed by atoms with Gasteiger partial charge in [-0.25, -0.2) is 4.79 Å². The van der Waals surface area contributed by atoms with Crippen molar-refractivity contribution in [3.05, 3.63) is 30.3 Å². The van der Waals surface area contributed by atoms with Gasteiger partial charge in [0.05, 0.1) is 0 Å². The number of hydrogen-bond donors (Lipinski definition) is 1. The summed E-state index contributed by atoms with van der Waals surface area (Å²) in [5.74, 6) is 0.591. The molecule has 2 rings (SSSR count). The minimum atomic E-state index is -0.340. The van der Waals surface area contributed by atoms with Gasteiger partial charge in [0.25, 0.3) is 0 Å². The van der Waals surface area contributed by atoms with E-state index in [1.54, 1.807) is 12.1 Å². The summed E-state index contributed by atoms with van der Waals surface area (Å²) in [5.41, 5.74) is 0. The van der Waals surface area contributed by atoms with Crippen molar-refractivity contribution >= 4 is 6.09 Å². The van der Waals surface area contributed by atoms with E-state index in [1.165, 1.54) is 12.8 Å². The lowest BCUT2D eigenvalue weighted by Crippen LogP contribution is -2.34. The van der Waals surface area contributed by atoms with Crippen LogP contribution in [0.4, 0.5) is 4.79 Å². The van der Waals surface area contributed by atoms with E-state index in [-0.39, 0.29) is 6.09 Å². The van der Waals surface area contributed by atoms with Crippen LogP contribution in [-0.4, -0.2) is 12.1 Å². The Morgan fingerprint density at radius 1 is 1.20 bits per heavy atom. The molecule has 1 aliphatic carbocycles. The van der Waals surface area contributed by atoms with E-state index in [4.69, 9.17) is 4.74 Å². The molecule has 1 saturated carbocycles. The molecular formula is C12H15NO2. The molecule has 0 spiro atoms. The molecule has 3 heteroatoms. The highest BCUT2D eigenvalue weighted by molar-refractivity contribution is 5.70. The number of hydrogen-bond acceptors (Lipinski definition) is 2. The summed E-state index contributed by atoms with van der Waals surface area (Å²) in [7, 11) is 0. The fraction of sp³-hybridized carbons (Fsp3) is 0.417. The fourth-order valence-electron chi connectivity index (χ4n) is 1.86. The summed E-state index contributed by atoms with van der Waals surface area (Å²) in [6, 6.07) is 9.43. The van der Waals surface area contributed by atoms with Gasteiger partial charge in [0.1, 0.15) is 5.75 Å². The first-order valence-corrected chi connectivity index (χ1v) is 5.38. The van der Waals surface area contributed by atoms with Crippen LogP contribution in [0.15, 0.2) is 30.3 Å². The summed E-state index contributed by atoms with van der Waals surface area (Å²) in [6.07, 6.45) is 4.22. The van der Waals surface area contributed by atoms with Crippen LogP contribution in [0, 0.1) is 0 Å². The predicted octanol–water partition coefficient (Wildman–Crippen LogP) is 2.72. The largest absolute Gasteiger partial charge is 0.412 e. The van der Waals surface area contributed by atoms with Crippen molar-refractivity contribution < 1.29 is 9.53 Å². The van der Waals surface area contributed by atoms with Crippen molar-refractivity contribution in [3.8, 4) is 5.75 Å². The molecule has 1 aliphatic rings. The average molecular weight is 205 g/mol. The number of ether oxygens (including phenoxy) is 1. The zero-order valence-corrected chi connectivity index (χ0v) is 8.61. The molecule has 0 atom stereocenters. The Bertz CT molecular complexity index is 318. The number of benzene rings is 1. The quantitative estimate of drug-likeness (QED) is 0.806. The third-order valence-corrected chi connectivity index (χ3v) is 2.63. The molecule has 0 heterocycles. The van der Waals surface area contributed by atoms with E-state index in [0.717, 1.165) is 12.8 Å². The van der Waals surface area contributed by atoms with Crippen molar-refractivity contribution in [1.29, 1.82) is 0 Å². The van der Waals surface area contributed by atoms with Gasteiger partial charge in [-0.1, -0.05) is 31.0 Å². The molecule has 3 nitrogen and oxygen atoms in total. The highest BCUT2D eigenvalue weighted by atomic mass is 16.6. The Hall–Kier alpha value is -1.51. The summed E-state index contributed by atoms with van der Waals surface area (Å²) in [6.45, 7) is 0. The number of rotatable bonds is 2. The second kappa shape index (κ2) is 4.82. The van der Waals surface area contributed by atoms with Crippen molar-refractivity contribution in [2.24, 2.45) is 0 Å². The van der Waals surface area contributed by atoms with Crippen LogP contribution in [0.25, 0.3) is 0 Å². The third-order valence-electron chi connectivity index (χ3n) is 2.63. The first-order chi connectivity index (χ1) is 7.34. The molecule has 0 aliphatic heterocycles. The smallest absolute Gasteiger partial charge is 0.410 e. The van der Waals surface area contributed by atoms with Gasteiger partial charge in [0.15, 0.2) is 0 Å². The Balaban J connectivity index is 1.82. The summed E-state index contributed by atoms with van der Waals surface area (Å²) < 4.78 is 5.13. The second-order valence-corrected chi connectivity index (χ2v) is 3.83. The van der Waals surface area contributed by atoms with Gasteiger partial charge in [-0.2, -0.15) is 0 Å². The number of nitrogens with one attached hydrogen (secondary N) is 1. The van der Waals surface area contributed by atoms with Crippen LogP contribution in [0.2, 0.25) is 0 Å². The minimum Gasteiger partial charge on any atom is -0.410 e. The summed E-state index contributed by atoms with van der Waals surface area (Å²) in [5, 5.41) is 2.87. The minimum absolute atomic E-state index is 0.307. The topological polar surface area (TPSA) is 38.3 Å². The van der Waals surface area contributed by atoms with Gasteiger partial charge in [0, 0.05) is 6.04 Å². The molecule has 0 unspecified atom stereocenters. The highest BCUT2D eigenvalue weighted by Crippen LogP contribution is 2.18. The van der Waals surface area contributed by atoms with Gasteiger partial charge in [-0.15, -0.1) is 0 Å². The maximum atomic E-state index is 11.4. The van der Waals surface area contributed by atoms with Crippen molar-refractivity contribution in [2.75, 3.05) is 0 Å². The number of carbonyl (C=O) groups is 1. The Labute approximate surface area is 89.4 Å². The van der Waals surface area contributed by atoms with E-state index in [9.17, 15) is 4.79 Å². The number of para-hydroxylation sites is 1. The normalized spacial score (nSPS) is 16.3. The lowest BCUT2D eigenvalue weighted by Gasteiger charge is -2.11. The molecule has 1 amide bonds. The zero-order chi connectivity index (χ0) is 10.5. The summed E-state index contributed by atoms with van der Waals surface area (Å²) >= 11 is 0. The lowest BCUT2D eigenvalue weighted by atomic mass is 10.3. The first-order valence-electron chi connectivity index (χ1n) is 5.38. The Morgan fingerprint density at radius 3 is 2.53 bits per heavy atom. The van der Waals surface area contributed by atoms with Crippen LogP contribution < -0.4 is 10.1 Å². The van der Waals surface area contributed by atoms with Gasteiger partial charge >= 0.3 is 6.09 Å². The maximum absolute atomic E-state index is 11.4. The van der Waals surface area contributed by atoms with E-state index in [2.05, 4.69) is 5.32 Å². The SMILES string of the molecule is O=C(NC1CCCC1)Oc1ccccc1. The molecule has 1 fully saturated rings. The fourth-order valence-corrected chi connectivity index (χ4v) is 1.86. The van der Waals surface area contributed by atoms with E-state index in [1.807, 2.05) is 18.2 Å². The number of carbonyl (C=O) groups excluding carboxylic acids is 1. The molecular weight excluding hydrogens is 190 g/mol. The average Bonchev–Trinajstić information content (AvgIpc) is 2.71. The molecule has 0 saturated heterocycles. The first kappa shape index (κ1) is 10.0. The Morgan fingerprint density at radius 2 is 1.87 bits per heavy atom. The van der Waals surface area contributed by atoms with Crippen LogP contribution in [-0.2, 0) is 0 Å². The predicted molar refractivity (Wildman–Crippen MR) is 57.9 cm³/mol. The van der Waals surface area contributed by atoms with Gasteiger partial charge in [0.2, 0.25) is 0 Å². The van der Waals surface area contributed by atoms with Crippen LogP contribution in [0.3, 0.4) is 0 Å². The van der Waals surface area contributed by atoms with Gasteiger partial charge in [-0.3, -0.25) is 0 Å².